The summed E-state index contributed by atoms with van der Waals surface area (Å²) in [5.41, 5.74) is 1.24. The van der Waals surface area contributed by atoms with Crippen LogP contribution in [0.25, 0.3) is 0 Å². The largest absolute Gasteiger partial charge is 0.391 e. The Bertz CT molecular complexity index is 507. The fraction of sp³-hybridized carbons (Fsp3) is 0.600. The second-order valence-corrected chi connectivity index (χ2v) is 5.64. The van der Waals surface area contributed by atoms with E-state index in [9.17, 15) is 15.2 Å². The van der Waals surface area contributed by atoms with Gasteiger partial charge in [0, 0.05) is 19.6 Å². The zero-order chi connectivity index (χ0) is 15.4. The standard InChI is InChI=1S/C15H23N3O3/c1-3-8-16-12-5-4-6-13(15(12)18(20)21)17-9-7-11(2)14(19)10-17/h4-6,11,14,16,19H,3,7-10H2,1-2H3. The van der Waals surface area contributed by atoms with Gasteiger partial charge in [-0.05, 0) is 30.9 Å². The average Bonchev–Trinajstić information content (AvgIpc) is 2.47. The third-order valence-corrected chi connectivity index (χ3v) is 4.02. The fourth-order valence-corrected chi connectivity index (χ4v) is 2.65. The lowest BCUT2D eigenvalue weighted by molar-refractivity contribution is -0.383. The summed E-state index contributed by atoms with van der Waals surface area (Å²) in [6.07, 6.45) is 1.30. The molecule has 0 spiro atoms. The van der Waals surface area contributed by atoms with Crippen LogP contribution in [0.4, 0.5) is 17.1 Å². The number of β-amino-alcohol motifs (C(OH)–C–C–N with tert-alkyl or cyclic N) is 1. The van der Waals surface area contributed by atoms with Crippen LogP contribution in [0.5, 0.6) is 0 Å². The third-order valence-electron chi connectivity index (χ3n) is 4.02. The van der Waals surface area contributed by atoms with Gasteiger partial charge in [-0.1, -0.05) is 19.9 Å². The van der Waals surface area contributed by atoms with Gasteiger partial charge in [0.15, 0.2) is 0 Å². The average molecular weight is 293 g/mol. The van der Waals surface area contributed by atoms with Gasteiger partial charge in [0.25, 0.3) is 0 Å². The van der Waals surface area contributed by atoms with Crippen LogP contribution >= 0.6 is 0 Å². The number of nitro groups is 1. The first kappa shape index (κ1) is 15.6. The molecule has 2 N–H and O–H groups in total. The molecule has 2 unspecified atom stereocenters. The van der Waals surface area contributed by atoms with E-state index in [1.807, 2.05) is 24.8 Å². The third kappa shape index (κ3) is 3.44. The van der Waals surface area contributed by atoms with Gasteiger partial charge in [-0.25, -0.2) is 0 Å². The second kappa shape index (κ2) is 6.76. The lowest BCUT2D eigenvalue weighted by atomic mass is 9.95. The Morgan fingerprint density at radius 2 is 2.29 bits per heavy atom. The molecule has 116 valence electrons. The molecule has 1 heterocycles. The summed E-state index contributed by atoms with van der Waals surface area (Å²) in [6.45, 7) is 5.90. The molecule has 0 amide bonds. The van der Waals surface area contributed by atoms with Crippen LogP contribution in [0.2, 0.25) is 0 Å². The highest BCUT2D eigenvalue weighted by Gasteiger charge is 2.29. The van der Waals surface area contributed by atoms with E-state index in [4.69, 9.17) is 0 Å². The topological polar surface area (TPSA) is 78.6 Å². The van der Waals surface area contributed by atoms with Crippen molar-refractivity contribution in [1.82, 2.24) is 0 Å². The van der Waals surface area contributed by atoms with E-state index in [0.29, 0.717) is 24.5 Å². The highest BCUT2D eigenvalue weighted by Crippen LogP contribution is 2.37. The van der Waals surface area contributed by atoms with Crippen molar-refractivity contribution in [2.45, 2.75) is 32.8 Å². The molecule has 0 radical (unpaired) electrons. The van der Waals surface area contributed by atoms with Gasteiger partial charge in [-0.15, -0.1) is 0 Å². The zero-order valence-corrected chi connectivity index (χ0v) is 12.6. The minimum Gasteiger partial charge on any atom is -0.391 e. The van der Waals surface area contributed by atoms with Gasteiger partial charge in [-0.3, -0.25) is 10.1 Å². The lowest BCUT2D eigenvalue weighted by Gasteiger charge is -2.35. The van der Waals surface area contributed by atoms with Crippen LogP contribution in [0.15, 0.2) is 18.2 Å². The Kier molecular flexibility index (Phi) is 5.01. The maximum Gasteiger partial charge on any atom is 0.315 e. The predicted molar refractivity (Wildman–Crippen MR) is 83.9 cm³/mol. The van der Waals surface area contributed by atoms with E-state index >= 15 is 0 Å². The van der Waals surface area contributed by atoms with Crippen molar-refractivity contribution in [2.24, 2.45) is 5.92 Å². The van der Waals surface area contributed by atoms with Crippen molar-refractivity contribution in [3.8, 4) is 0 Å². The smallest absolute Gasteiger partial charge is 0.315 e. The second-order valence-electron chi connectivity index (χ2n) is 5.64. The number of aliphatic hydroxyl groups excluding tert-OH is 1. The van der Waals surface area contributed by atoms with Crippen LogP contribution < -0.4 is 10.2 Å². The number of nitro benzene ring substituents is 1. The summed E-state index contributed by atoms with van der Waals surface area (Å²) in [5.74, 6) is 0.238. The van der Waals surface area contributed by atoms with Crippen LogP contribution in [0, 0.1) is 16.0 Å². The first-order valence-electron chi connectivity index (χ1n) is 7.48. The molecule has 2 rings (SSSR count). The van der Waals surface area contributed by atoms with Crippen molar-refractivity contribution in [1.29, 1.82) is 0 Å². The molecule has 1 fully saturated rings. The molecule has 1 saturated heterocycles. The molecular formula is C15H23N3O3. The van der Waals surface area contributed by atoms with E-state index in [1.54, 1.807) is 12.1 Å². The van der Waals surface area contributed by atoms with Crippen molar-refractivity contribution >= 4 is 17.1 Å². The Morgan fingerprint density at radius 1 is 1.52 bits per heavy atom. The van der Waals surface area contributed by atoms with Crippen LogP contribution in [0.3, 0.4) is 0 Å². The van der Waals surface area contributed by atoms with Gasteiger partial charge in [0.1, 0.15) is 11.4 Å². The van der Waals surface area contributed by atoms with E-state index in [-0.39, 0.29) is 16.5 Å². The summed E-state index contributed by atoms with van der Waals surface area (Å²) < 4.78 is 0. The van der Waals surface area contributed by atoms with Crippen molar-refractivity contribution in [3.63, 3.8) is 0 Å². The minimum atomic E-state index is -0.439. The molecule has 2 atom stereocenters. The van der Waals surface area contributed by atoms with Gasteiger partial charge in [0.2, 0.25) is 0 Å². The number of nitrogens with zero attached hydrogens (tertiary/aromatic N) is 2. The summed E-state index contributed by atoms with van der Waals surface area (Å²) in [7, 11) is 0. The molecule has 1 aliphatic rings. The highest BCUT2D eigenvalue weighted by molar-refractivity contribution is 5.77. The summed E-state index contributed by atoms with van der Waals surface area (Å²) in [6, 6.07) is 5.32. The van der Waals surface area contributed by atoms with Crippen molar-refractivity contribution in [2.75, 3.05) is 29.9 Å². The quantitative estimate of drug-likeness (QED) is 0.644. The molecule has 0 aliphatic carbocycles. The maximum absolute atomic E-state index is 11.5. The number of hydrogen-bond donors (Lipinski definition) is 2. The first-order valence-corrected chi connectivity index (χ1v) is 7.48. The number of anilines is 2. The van der Waals surface area contributed by atoms with Crippen molar-refractivity contribution < 1.29 is 10.0 Å². The Balaban J connectivity index is 2.32. The van der Waals surface area contributed by atoms with E-state index in [2.05, 4.69) is 5.32 Å². The number of nitrogens with one attached hydrogen (secondary N) is 1. The number of rotatable bonds is 5. The van der Waals surface area contributed by atoms with Crippen LogP contribution in [-0.4, -0.2) is 35.8 Å². The molecule has 1 aromatic rings. The molecular weight excluding hydrogens is 270 g/mol. The number of benzene rings is 1. The van der Waals surface area contributed by atoms with Crippen LogP contribution in [-0.2, 0) is 0 Å². The molecule has 6 nitrogen and oxygen atoms in total. The summed E-state index contributed by atoms with van der Waals surface area (Å²) in [5, 5.41) is 24.6. The van der Waals surface area contributed by atoms with Gasteiger partial charge in [-0.2, -0.15) is 0 Å². The zero-order valence-electron chi connectivity index (χ0n) is 12.6. The van der Waals surface area contributed by atoms with E-state index < -0.39 is 6.10 Å². The van der Waals surface area contributed by atoms with Crippen molar-refractivity contribution in [3.05, 3.63) is 28.3 Å². The molecule has 21 heavy (non-hydrogen) atoms. The highest BCUT2D eigenvalue weighted by atomic mass is 16.6. The molecule has 1 aromatic carbocycles. The molecule has 0 bridgehead atoms. The van der Waals surface area contributed by atoms with Crippen LogP contribution in [0.1, 0.15) is 26.7 Å². The fourth-order valence-electron chi connectivity index (χ4n) is 2.65. The Hall–Kier alpha value is -1.82. The SMILES string of the molecule is CCCNc1cccc(N2CCC(C)C(O)C2)c1[N+](=O)[O-]. The Labute approximate surface area is 124 Å². The van der Waals surface area contributed by atoms with E-state index in [1.165, 1.54) is 0 Å². The monoisotopic (exact) mass is 293 g/mol. The predicted octanol–water partition coefficient (Wildman–Crippen LogP) is 2.62. The van der Waals surface area contributed by atoms with E-state index in [0.717, 1.165) is 19.4 Å². The summed E-state index contributed by atoms with van der Waals surface area (Å²) >= 11 is 0. The number of piperidine rings is 1. The number of aliphatic hydroxyl groups is 1. The van der Waals surface area contributed by atoms with Gasteiger partial charge < -0.3 is 15.3 Å². The maximum atomic E-state index is 11.5. The number of hydrogen-bond acceptors (Lipinski definition) is 5. The Morgan fingerprint density at radius 3 is 2.90 bits per heavy atom. The minimum absolute atomic E-state index is 0.104. The van der Waals surface area contributed by atoms with Gasteiger partial charge in [0.05, 0.1) is 11.0 Å². The lowest BCUT2D eigenvalue weighted by Crippen LogP contribution is -2.43. The summed E-state index contributed by atoms with van der Waals surface area (Å²) in [4.78, 5) is 13.1. The normalized spacial score (nSPS) is 22.1. The first-order chi connectivity index (χ1) is 10.0. The molecule has 0 aromatic heterocycles. The molecule has 0 saturated carbocycles. The molecule has 1 aliphatic heterocycles. The molecule has 6 heteroatoms. The number of para-hydroxylation sites is 1. The van der Waals surface area contributed by atoms with Gasteiger partial charge >= 0.3 is 5.69 Å².